The molecule has 3 rings (SSSR count). The third-order valence-corrected chi connectivity index (χ3v) is 4.55. The summed E-state index contributed by atoms with van der Waals surface area (Å²) in [5.74, 6) is 0.484. The van der Waals surface area contributed by atoms with Crippen molar-refractivity contribution in [3.8, 4) is 0 Å². The molecule has 1 aromatic heterocycles. The molecule has 0 bridgehead atoms. The average Bonchev–Trinajstić information content (AvgIpc) is 2.52. The molecule has 2 heterocycles. The molecule has 1 aliphatic heterocycles. The Bertz CT molecular complexity index is 684. The van der Waals surface area contributed by atoms with Gasteiger partial charge >= 0.3 is 0 Å². The molecule has 1 amide bonds. The summed E-state index contributed by atoms with van der Waals surface area (Å²) < 4.78 is 0. The molecule has 1 saturated heterocycles. The second-order valence-electron chi connectivity index (χ2n) is 7.20. The molecule has 0 atom stereocenters. The first-order valence-electron chi connectivity index (χ1n) is 8.43. The van der Waals surface area contributed by atoms with Crippen LogP contribution in [-0.4, -0.2) is 39.6 Å². The van der Waals surface area contributed by atoms with E-state index in [0.29, 0.717) is 12.3 Å². The van der Waals surface area contributed by atoms with Crippen LogP contribution in [0, 0.1) is 0 Å². The van der Waals surface area contributed by atoms with Gasteiger partial charge in [0.15, 0.2) is 0 Å². The van der Waals surface area contributed by atoms with Crippen LogP contribution in [0.5, 0.6) is 0 Å². The van der Waals surface area contributed by atoms with E-state index in [2.05, 4.69) is 11.1 Å². The molecule has 1 aliphatic rings. The fourth-order valence-electron chi connectivity index (χ4n) is 2.92. The molecule has 0 radical (unpaired) electrons. The van der Waals surface area contributed by atoms with E-state index in [1.165, 1.54) is 5.56 Å². The number of rotatable bonds is 5. The first-order valence-corrected chi connectivity index (χ1v) is 8.43. The molecule has 0 saturated carbocycles. The van der Waals surface area contributed by atoms with Gasteiger partial charge in [-0.1, -0.05) is 18.2 Å². The summed E-state index contributed by atoms with van der Waals surface area (Å²) in [5.41, 5.74) is 2.41. The smallest absolute Gasteiger partial charge is 0.253 e. The summed E-state index contributed by atoms with van der Waals surface area (Å²) in [6, 6.07) is 11.7. The van der Waals surface area contributed by atoms with Crippen LogP contribution in [0.15, 0.2) is 48.8 Å². The Morgan fingerprint density at radius 2 is 1.96 bits per heavy atom. The Morgan fingerprint density at radius 3 is 2.54 bits per heavy atom. The van der Waals surface area contributed by atoms with Crippen molar-refractivity contribution in [3.63, 3.8) is 0 Å². The summed E-state index contributed by atoms with van der Waals surface area (Å²) in [4.78, 5) is 18.5. The highest BCUT2D eigenvalue weighted by Crippen LogP contribution is 2.27. The molecule has 2 aromatic rings. The predicted octanol–water partition coefficient (Wildman–Crippen LogP) is 3.02. The van der Waals surface area contributed by atoms with Crippen LogP contribution in [0.3, 0.4) is 0 Å². The zero-order valence-corrected chi connectivity index (χ0v) is 14.3. The topological polar surface area (TPSA) is 53.4 Å². The Balaban J connectivity index is 1.55. The van der Waals surface area contributed by atoms with Crippen molar-refractivity contribution in [2.75, 3.05) is 13.1 Å². The average molecular weight is 324 g/mol. The van der Waals surface area contributed by atoms with Gasteiger partial charge in [-0.3, -0.25) is 9.78 Å². The number of nitrogens with zero attached hydrogens (tertiary/aromatic N) is 2. The zero-order valence-electron chi connectivity index (χ0n) is 14.3. The van der Waals surface area contributed by atoms with Crippen LogP contribution in [0.25, 0.3) is 0 Å². The van der Waals surface area contributed by atoms with Crippen LogP contribution >= 0.6 is 0 Å². The quantitative estimate of drug-likeness (QED) is 0.920. The largest absolute Gasteiger partial charge is 0.390 e. The van der Waals surface area contributed by atoms with Crippen molar-refractivity contribution in [3.05, 3.63) is 65.5 Å². The third kappa shape index (κ3) is 4.01. The number of hydrogen-bond acceptors (Lipinski definition) is 3. The van der Waals surface area contributed by atoms with Gasteiger partial charge in [0.2, 0.25) is 0 Å². The number of aromatic nitrogens is 1. The van der Waals surface area contributed by atoms with Crippen molar-refractivity contribution in [1.29, 1.82) is 0 Å². The maximum absolute atomic E-state index is 12.5. The third-order valence-electron chi connectivity index (χ3n) is 4.55. The summed E-state index contributed by atoms with van der Waals surface area (Å²) in [6.45, 7) is 5.14. The Labute approximate surface area is 143 Å². The van der Waals surface area contributed by atoms with Crippen molar-refractivity contribution < 1.29 is 9.90 Å². The van der Waals surface area contributed by atoms with E-state index in [9.17, 15) is 9.90 Å². The molecule has 1 fully saturated rings. The number of carbonyl (C=O) groups excluding carboxylic acids is 1. The molecule has 4 nitrogen and oxygen atoms in total. The van der Waals surface area contributed by atoms with Gasteiger partial charge < -0.3 is 10.0 Å². The Morgan fingerprint density at radius 1 is 1.25 bits per heavy atom. The maximum Gasteiger partial charge on any atom is 0.253 e. The van der Waals surface area contributed by atoms with E-state index in [-0.39, 0.29) is 5.91 Å². The second-order valence-corrected chi connectivity index (χ2v) is 7.20. The van der Waals surface area contributed by atoms with E-state index in [1.54, 1.807) is 6.20 Å². The minimum atomic E-state index is -0.659. The number of hydrogen-bond donors (Lipinski definition) is 1. The van der Waals surface area contributed by atoms with Crippen molar-refractivity contribution in [1.82, 2.24) is 9.88 Å². The van der Waals surface area contributed by atoms with Gasteiger partial charge in [0.25, 0.3) is 5.91 Å². The molecule has 126 valence electrons. The highest BCUT2D eigenvalue weighted by atomic mass is 16.3. The van der Waals surface area contributed by atoms with Gasteiger partial charge in [0.05, 0.1) is 5.60 Å². The number of aryl methyl sites for hydroxylation is 1. The van der Waals surface area contributed by atoms with Gasteiger partial charge in [-0.2, -0.15) is 0 Å². The number of benzene rings is 1. The fraction of sp³-hybridized carbons (Fsp3) is 0.400. The molecule has 0 spiro atoms. The van der Waals surface area contributed by atoms with Gasteiger partial charge in [-0.05, 0) is 56.0 Å². The monoisotopic (exact) mass is 324 g/mol. The normalized spacial score (nSPS) is 15.2. The van der Waals surface area contributed by atoms with Gasteiger partial charge in [-0.25, -0.2) is 0 Å². The molecule has 1 aromatic carbocycles. The number of aliphatic hydroxyl groups is 1. The van der Waals surface area contributed by atoms with E-state index in [4.69, 9.17) is 0 Å². The molecule has 24 heavy (non-hydrogen) atoms. The lowest BCUT2D eigenvalue weighted by atomic mass is 9.92. The lowest BCUT2D eigenvalue weighted by Gasteiger charge is -2.39. The van der Waals surface area contributed by atoms with Crippen molar-refractivity contribution in [2.45, 2.75) is 38.2 Å². The number of carbonyl (C=O) groups is 1. The molecular formula is C20H24N2O2. The van der Waals surface area contributed by atoms with Crippen LogP contribution in [0.1, 0.15) is 47.7 Å². The van der Waals surface area contributed by atoms with E-state index in [1.807, 2.05) is 55.3 Å². The van der Waals surface area contributed by atoms with Gasteiger partial charge in [0.1, 0.15) is 0 Å². The first-order chi connectivity index (χ1) is 11.4. The lowest BCUT2D eigenvalue weighted by Crippen LogP contribution is -2.48. The molecule has 0 unspecified atom stereocenters. The van der Waals surface area contributed by atoms with E-state index in [0.717, 1.165) is 30.6 Å². The van der Waals surface area contributed by atoms with E-state index < -0.39 is 5.60 Å². The Kier molecular flexibility index (Phi) is 4.67. The minimum absolute atomic E-state index is 0.0872. The SMILES string of the molecule is CC(C)(O)CCc1ccc(C(=O)N2CC(c3cccnc3)C2)cc1. The summed E-state index contributed by atoms with van der Waals surface area (Å²) in [7, 11) is 0. The molecular weight excluding hydrogens is 300 g/mol. The lowest BCUT2D eigenvalue weighted by molar-refractivity contribution is 0.0601. The van der Waals surface area contributed by atoms with Gasteiger partial charge in [0, 0.05) is 37.0 Å². The fourth-order valence-corrected chi connectivity index (χ4v) is 2.92. The number of amides is 1. The first kappa shape index (κ1) is 16.7. The summed E-state index contributed by atoms with van der Waals surface area (Å²) in [5, 5.41) is 9.79. The zero-order chi connectivity index (χ0) is 17.2. The minimum Gasteiger partial charge on any atom is -0.390 e. The highest BCUT2D eigenvalue weighted by molar-refractivity contribution is 5.94. The number of pyridine rings is 1. The summed E-state index contributed by atoms with van der Waals surface area (Å²) >= 11 is 0. The maximum atomic E-state index is 12.5. The van der Waals surface area contributed by atoms with Crippen LogP contribution in [0.2, 0.25) is 0 Å². The number of likely N-dealkylation sites (tertiary alicyclic amines) is 1. The van der Waals surface area contributed by atoms with Crippen LogP contribution in [-0.2, 0) is 6.42 Å². The predicted molar refractivity (Wildman–Crippen MR) is 93.9 cm³/mol. The summed E-state index contributed by atoms with van der Waals surface area (Å²) in [6.07, 6.45) is 5.17. The van der Waals surface area contributed by atoms with E-state index >= 15 is 0 Å². The van der Waals surface area contributed by atoms with Crippen molar-refractivity contribution >= 4 is 5.91 Å². The Hall–Kier alpha value is -2.20. The molecule has 1 N–H and O–H groups in total. The standard InChI is InChI=1S/C20H24N2O2/c1-20(2,24)10-9-15-5-7-16(8-6-15)19(23)22-13-18(14-22)17-4-3-11-21-12-17/h3-8,11-12,18,24H,9-10,13-14H2,1-2H3. The highest BCUT2D eigenvalue weighted by Gasteiger charge is 2.32. The van der Waals surface area contributed by atoms with Crippen LogP contribution in [0.4, 0.5) is 0 Å². The molecule has 4 heteroatoms. The molecule has 0 aliphatic carbocycles. The van der Waals surface area contributed by atoms with Crippen LogP contribution < -0.4 is 0 Å². The second kappa shape index (κ2) is 6.73. The van der Waals surface area contributed by atoms with Crippen molar-refractivity contribution in [2.24, 2.45) is 0 Å². The van der Waals surface area contributed by atoms with Gasteiger partial charge in [-0.15, -0.1) is 0 Å².